The summed E-state index contributed by atoms with van der Waals surface area (Å²) < 4.78 is 4.37. The molecule has 0 aliphatic carbocycles. The van der Waals surface area contributed by atoms with E-state index in [1.807, 2.05) is 24.3 Å². The van der Waals surface area contributed by atoms with Crippen molar-refractivity contribution in [2.24, 2.45) is 5.73 Å². The molecule has 2 aromatic rings. The molecule has 26 heavy (non-hydrogen) atoms. The maximum absolute atomic E-state index is 12.7. The summed E-state index contributed by atoms with van der Waals surface area (Å²) >= 11 is 0. The second kappa shape index (κ2) is 7.37. The summed E-state index contributed by atoms with van der Waals surface area (Å²) in [5, 5.41) is 6.08. The van der Waals surface area contributed by atoms with Gasteiger partial charge in [-0.1, -0.05) is 24.3 Å². The van der Waals surface area contributed by atoms with E-state index < -0.39 is 18.1 Å². The van der Waals surface area contributed by atoms with E-state index in [-0.39, 0.29) is 11.5 Å². The number of hydrogen-bond acceptors (Lipinski definition) is 5. The van der Waals surface area contributed by atoms with Gasteiger partial charge in [-0.25, -0.2) is 9.59 Å². The highest BCUT2D eigenvalue weighted by atomic mass is 16.6. The smallest absolute Gasteiger partial charge is 0.373 e. The summed E-state index contributed by atoms with van der Waals surface area (Å²) in [6.07, 6.45) is -0.274. The van der Waals surface area contributed by atoms with Crippen molar-refractivity contribution in [3.63, 3.8) is 0 Å². The molecule has 1 aliphatic rings. The zero-order valence-corrected chi connectivity index (χ0v) is 14.2. The number of nitrogens with one attached hydrogen (secondary N) is 2. The Morgan fingerprint density at radius 1 is 1.19 bits per heavy atom. The fourth-order valence-corrected chi connectivity index (χ4v) is 3.07. The molecule has 2 amide bonds. The summed E-state index contributed by atoms with van der Waals surface area (Å²) in [5.74, 6) is -1.00. The Bertz CT molecular complexity index is 879. The molecule has 0 fully saturated rings. The molecule has 3 rings (SSSR count). The first-order valence-electron chi connectivity index (χ1n) is 8.20. The molecular weight excluding hydrogens is 334 g/mol. The van der Waals surface area contributed by atoms with Crippen LogP contribution >= 0.6 is 0 Å². The SMILES string of the molecule is Cc1cc(NC(=O)[C@@H]2NCCc3ccccc32)ccc1C(=O)OC(N)=O. The zero-order valence-electron chi connectivity index (χ0n) is 14.2. The van der Waals surface area contributed by atoms with Gasteiger partial charge in [0.2, 0.25) is 5.91 Å². The van der Waals surface area contributed by atoms with Crippen LogP contribution in [0.1, 0.15) is 33.1 Å². The normalized spacial score (nSPS) is 15.7. The molecule has 0 saturated carbocycles. The summed E-state index contributed by atoms with van der Waals surface area (Å²) in [6, 6.07) is 12.1. The van der Waals surface area contributed by atoms with E-state index in [4.69, 9.17) is 5.73 Å². The number of fused-ring (bicyclic) bond motifs is 1. The monoisotopic (exact) mass is 353 g/mol. The molecule has 7 heteroatoms. The number of primary amides is 1. The van der Waals surface area contributed by atoms with Gasteiger partial charge in [-0.05, 0) is 48.2 Å². The molecule has 1 atom stereocenters. The van der Waals surface area contributed by atoms with Crippen LogP contribution in [0.25, 0.3) is 0 Å². The Balaban J connectivity index is 1.76. The third-order valence-corrected chi connectivity index (χ3v) is 4.28. The van der Waals surface area contributed by atoms with Crippen molar-refractivity contribution < 1.29 is 19.1 Å². The van der Waals surface area contributed by atoms with Crippen molar-refractivity contribution in [3.8, 4) is 0 Å². The van der Waals surface area contributed by atoms with Crippen molar-refractivity contribution in [2.45, 2.75) is 19.4 Å². The number of ether oxygens (including phenoxy) is 1. The van der Waals surface area contributed by atoms with Crippen molar-refractivity contribution in [1.82, 2.24) is 5.32 Å². The van der Waals surface area contributed by atoms with Gasteiger partial charge >= 0.3 is 12.1 Å². The summed E-state index contributed by atoms with van der Waals surface area (Å²) in [6.45, 7) is 2.41. The second-order valence-electron chi connectivity index (χ2n) is 6.06. The molecule has 0 unspecified atom stereocenters. The van der Waals surface area contributed by atoms with Crippen molar-refractivity contribution >= 4 is 23.7 Å². The highest BCUT2D eigenvalue weighted by Crippen LogP contribution is 2.24. The maximum Gasteiger partial charge on any atom is 0.412 e. The minimum atomic E-state index is -1.16. The quantitative estimate of drug-likeness (QED) is 0.578. The van der Waals surface area contributed by atoms with Crippen LogP contribution < -0.4 is 16.4 Å². The lowest BCUT2D eigenvalue weighted by Crippen LogP contribution is -2.38. The van der Waals surface area contributed by atoms with E-state index >= 15 is 0 Å². The topological polar surface area (TPSA) is 111 Å². The molecule has 0 radical (unpaired) electrons. The summed E-state index contributed by atoms with van der Waals surface area (Å²) in [7, 11) is 0. The molecule has 134 valence electrons. The molecule has 4 N–H and O–H groups in total. The largest absolute Gasteiger partial charge is 0.412 e. The van der Waals surface area contributed by atoms with Crippen molar-refractivity contribution in [1.29, 1.82) is 0 Å². The van der Waals surface area contributed by atoms with Gasteiger partial charge in [-0.2, -0.15) is 0 Å². The first-order chi connectivity index (χ1) is 12.5. The van der Waals surface area contributed by atoms with Crippen LogP contribution in [0.2, 0.25) is 0 Å². The predicted molar refractivity (Wildman–Crippen MR) is 95.7 cm³/mol. The number of amides is 2. The molecule has 0 bridgehead atoms. The lowest BCUT2D eigenvalue weighted by molar-refractivity contribution is -0.118. The molecule has 0 spiro atoms. The molecule has 1 heterocycles. The van der Waals surface area contributed by atoms with Gasteiger partial charge in [-0.3, -0.25) is 4.79 Å². The highest BCUT2D eigenvalue weighted by molar-refractivity contribution is 5.99. The highest BCUT2D eigenvalue weighted by Gasteiger charge is 2.26. The lowest BCUT2D eigenvalue weighted by Gasteiger charge is -2.26. The number of anilines is 1. The number of nitrogens with two attached hydrogens (primary N) is 1. The Labute approximate surface area is 150 Å². The fourth-order valence-electron chi connectivity index (χ4n) is 3.07. The van der Waals surface area contributed by atoms with Gasteiger partial charge in [0.05, 0.1) is 5.56 Å². The second-order valence-corrected chi connectivity index (χ2v) is 6.06. The Kier molecular flexibility index (Phi) is 4.99. The molecular formula is C19H19N3O4. The summed E-state index contributed by atoms with van der Waals surface area (Å²) in [4.78, 5) is 35.2. The van der Waals surface area contributed by atoms with E-state index in [9.17, 15) is 14.4 Å². The van der Waals surface area contributed by atoms with Gasteiger partial charge in [0.25, 0.3) is 0 Å². The number of benzene rings is 2. The molecule has 0 aromatic heterocycles. The van der Waals surface area contributed by atoms with Crippen LogP contribution in [0.5, 0.6) is 0 Å². The van der Waals surface area contributed by atoms with E-state index in [0.29, 0.717) is 11.3 Å². The van der Waals surface area contributed by atoms with E-state index in [1.165, 1.54) is 6.07 Å². The lowest BCUT2D eigenvalue weighted by atomic mass is 9.94. The molecule has 7 nitrogen and oxygen atoms in total. The number of hydrogen-bond donors (Lipinski definition) is 3. The number of aryl methyl sites for hydroxylation is 1. The van der Waals surface area contributed by atoms with Gasteiger partial charge in [0.1, 0.15) is 6.04 Å². The first-order valence-corrected chi connectivity index (χ1v) is 8.20. The van der Waals surface area contributed by atoms with Gasteiger partial charge in [0, 0.05) is 12.2 Å². The number of rotatable bonds is 3. The van der Waals surface area contributed by atoms with E-state index in [1.54, 1.807) is 19.1 Å². The minimum absolute atomic E-state index is 0.177. The van der Waals surface area contributed by atoms with Crippen LogP contribution in [0.15, 0.2) is 42.5 Å². The zero-order chi connectivity index (χ0) is 18.7. The van der Waals surface area contributed by atoms with Crippen molar-refractivity contribution in [2.75, 3.05) is 11.9 Å². The van der Waals surface area contributed by atoms with Crippen LogP contribution in [0, 0.1) is 6.92 Å². The maximum atomic E-state index is 12.7. The van der Waals surface area contributed by atoms with Gasteiger partial charge < -0.3 is 21.1 Å². The number of carbonyl (C=O) groups excluding carboxylic acids is 3. The minimum Gasteiger partial charge on any atom is -0.373 e. The van der Waals surface area contributed by atoms with Crippen LogP contribution in [0.3, 0.4) is 0 Å². The van der Waals surface area contributed by atoms with Crippen molar-refractivity contribution in [3.05, 3.63) is 64.7 Å². The third-order valence-electron chi connectivity index (χ3n) is 4.28. The Hall–Kier alpha value is -3.19. The molecule has 0 saturated heterocycles. The average Bonchev–Trinajstić information content (AvgIpc) is 2.60. The predicted octanol–water partition coefficient (Wildman–Crippen LogP) is 2.06. The van der Waals surface area contributed by atoms with E-state index in [2.05, 4.69) is 15.4 Å². The van der Waals surface area contributed by atoms with E-state index in [0.717, 1.165) is 24.1 Å². The van der Waals surface area contributed by atoms with Gasteiger partial charge in [-0.15, -0.1) is 0 Å². The van der Waals surface area contributed by atoms with Crippen LogP contribution in [-0.2, 0) is 16.0 Å². The van der Waals surface area contributed by atoms with Crippen LogP contribution in [0.4, 0.5) is 10.5 Å². The summed E-state index contributed by atoms with van der Waals surface area (Å²) in [5.41, 5.74) is 8.30. The Morgan fingerprint density at radius 2 is 1.96 bits per heavy atom. The number of carbonyl (C=O) groups is 3. The molecule has 2 aromatic carbocycles. The third kappa shape index (κ3) is 3.73. The number of esters is 1. The molecule has 1 aliphatic heterocycles. The average molecular weight is 353 g/mol. The fraction of sp³-hybridized carbons (Fsp3) is 0.211. The standard InChI is InChI=1S/C19H19N3O4/c1-11-10-13(6-7-14(11)18(24)26-19(20)25)22-17(23)16-15-5-3-2-4-12(15)8-9-21-16/h2-7,10,16,21H,8-9H2,1H3,(H2,20,25)(H,22,23)/t16-/m1/s1. The first kappa shape index (κ1) is 17.6. The Morgan fingerprint density at radius 3 is 2.69 bits per heavy atom. The van der Waals surface area contributed by atoms with Crippen LogP contribution in [-0.4, -0.2) is 24.5 Å². The van der Waals surface area contributed by atoms with Gasteiger partial charge in [0.15, 0.2) is 0 Å².